The van der Waals surface area contributed by atoms with Gasteiger partial charge in [0.1, 0.15) is 6.61 Å². The molecule has 0 aromatic carbocycles. The topological polar surface area (TPSA) is 53.5 Å². The Hall–Kier alpha value is -0.910. The number of aromatic nitrogens is 2. The van der Waals surface area contributed by atoms with E-state index >= 15 is 0 Å². The summed E-state index contributed by atoms with van der Waals surface area (Å²) in [6.45, 7) is 2.38. The molecule has 0 spiro atoms. The van der Waals surface area contributed by atoms with Gasteiger partial charge in [0.2, 0.25) is 5.88 Å². The molecular weight excluding hydrogens is 244 g/mol. The van der Waals surface area contributed by atoms with Gasteiger partial charge in [-0.3, -0.25) is 0 Å². The van der Waals surface area contributed by atoms with E-state index in [1.165, 1.54) is 0 Å². The molecule has 1 heterocycles. The molecule has 5 nitrogen and oxygen atoms in total. The Kier molecular flexibility index (Phi) is 7.62. The maximum absolute atomic E-state index is 5.59. The van der Waals surface area contributed by atoms with Crippen molar-refractivity contribution in [2.45, 2.75) is 12.3 Å². The van der Waals surface area contributed by atoms with Crippen LogP contribution in [0.3, 0.4) is 0 Å². The fourth-order valence-electron chi connectivity index (χ4n) is 1.11. The molecular formula is C11H17ClN2O3. The summed E-state index contributed by atoms with van der Waals surface area (Å²) < 4.78 is 15.6. The van der Waals surface area contributed by atoms with E-state index < -0.39 is 0 Å². The third kappa shape index (κ3) is 6.41. The minimum Gasteiger partial charge on any atom is -0.474 e. The average molecular weight is 261 g/mol. The van der Waals surface area contributed by atoms with Crippen LogP contribution in [-0.2, 0) is 15.4 Å². The summed E-state index contributed by atoms with van der Waals surface area (Å²) in [6, 6.07) is 3.53. The highest BCUT2D eigenvalue weighted by atomic mass is 35.5. The maximum Gasteiger partial charge on any atom is 0.233 e. The summed E-state index contributed by atoms with van der Waals surface area (Å²) in [6.07, 6.45) is 0.890. The first-order valence-electron chi connectivity index (χ1n) is 5.45. The third-order valence-electron chi connectivity index (χ3n) is 1.95. The molecule has 6 heteroatoms. The van der Waals surface area contributed by atoms with Gasteiger partial charge in [-0.25, -0.2) is 0 Å². The van der Waals surface area contributed by atoms with Gasteiger partial charge in [-0.1, -0.05) is 0 Å². The van der Waals surface area contributed by atoms with Crippen molar-refractivity contribution in [3.8, 4) is 5.88 Å². The summed E-state index contributed by atoms with van der Waals surface area (Å²) in [5.41, 5.74) is 0.731. The highest BCUT2D eigenvalue weighted by molar-refractivity contribution is 6.16. The van der Waals surface area contributed by atoms with E-state index in [4.69, 9.17) is 25.8 Å². The van der Waals surface area contributed by atoms with Crippen LogP contribution in [0.4, 0.5) is 0 Å². The van der Waals surface area contributed by atoms with Gasteiger partial charge in [-0.15, -0.1) is 16.7 Å². The Morgan fingerprint density at radius 1 is 1.12 bits per heavy atom. The molecule has 96 valence electrons. The lowest BCUT2D eigenvalue weighted by molar-refractivity contribution is 0.0793. The summed E-state index contributed by atoms with van der Waals surface area (Å²) in [4.78, 5) is 0. The number of ether oxygens (including phenoxy) is 3. The second kappa shape index (κ2) is 9.15. The number of rotatable bonds is 9. The van der Waals surface area contributed by atoms with Crippen molar-refractivity contribution in [3.63, 3.8) is 0 Å². The van der Waals surface area contributed by atoms with Crippen LogP contribution in [0, 0.1) is 0 Å². The molecule has 0 radical (unpaired) electrons. The Bertz CT molecular complexity index is 295. The molecule has 0 aliphatic heterocycles. The Morgan fingerprint density at radius 3 is 2.65 bits per heavy atom. The van der Waals surface area contributed by atoms with Crippen LogP contribution in [-0.4, -0.2) is 43.7 Å². The maximum atomic E-state index is 5.59. The van der Waals surface area contributed by atoms with Crippen molar-refractivity contribution in [1.29, 1.82) is 0 Å². The first kappa shape index (κ1) is 14.2. The minimum atomic E-state index is 0.357. The fourth-order valence-corrected chi connectivity index (χ4v) is 1.25. The molecule has 0 fully saturated rings. The van der Waals surface area contributed by atoms with Gasteiger partial charge in [0.15, 0.2) is 0 Å². The van der Waals surface area contributed by atoms with Crippen molar-refractivity contribution in [2.24, 2.45) is 0 Å². The summed E-state index contributed by atoms with van der Waals surface area (Å²) in [5, 5.41) is 7.74. The lowest BCUT2D eigenvalue weighted by Gasteiger charge is -2.05. The molecule has 0 saturated carbocycles. The third-order valence-corrected chi connectivity index (χ3v) is 2.22. The SMILES string of the molecule is COCCCOCCOc1ccc(CCl)nn1. The molecule has 0 atom stereocenters. The van der Waals surface area contributed by atoms with E-state index in [0.29, 0.717) is 38.2 Å². The zero-order valence-electron chi connectivity index (χ0n) is 9.89. The van der Waals surface area contributed by atoms with E-state index in [-0.39, 0.29) is 0 Å². The number of halogens is 1. The number of alkyl halides is 1. The lowest BCUT2D eigenvalue weighted by atomic mass is 10.4. The summed E-state index contributed by atoms with van der Waals surface area (Å²) in [7, 11) is 1.67. The first-order chi connectivity index (χ1) is 8.36. The Labute approximate surface area is 106 Å². The van der Waals surface area contributed by atoms with Crippen LogP contribution >= 0.6 is 11.6 Å². The van der Waals surface area contributed by atoms with Crippen molar-refractivity contribution in [2.75, 3.05) is 33.5 Å². The van der Waals surface area contributed by atoms with Crippen molar-refractivity contribution >= 4 is 11.6 Å². The second-order valence-corrected chi connectivity index (χ2v) is 3.57. The molecule has 1 aromatic heterocycles. The van der Waals surface area contributed by atoms with Crippen LogP contribution < -0.4 is 4.74 Å². The van der Waals surface area contributed by atoms with Crippen molar-refractivity contribution in [3.05, 3.63) is 17.8 Å². The van der Waals surface area contributed by atoms with Crippen molar-refractivity contribution in [1.82, 2.24) is 10.2 Å². The van der Waals surface area contributed by atoms with Gasteiger partial charge in [0.05, 0.1) is 18.2 Å². The van der Waals surface area contributed by atoms with Gasteiger partial charge in [0, 0.05) is 26.4 Å². The van der Waals surface area contributed by atoms with Crippen LogP contribution in [0.15, 0.2) is 12.1 Å². The van der Waals surface area contributed by atoms with Gasteiger partial charge in [-0.05, 0) is 12.5 Å². The van der Waals surface area contributed by atoms with E-state index in [9.17, 15) is 0 Å². The molecule has 0 saturated heterocycles. The predicted octanol–water partition coefficient (Wildman–Crippen LogP) is 1.65. The summed E-state index contributed by atoms with van der Waals surface area (Å²) >= 11 is 5.59. The minimum absolute atomic E-state index is 0.357. The number of hydrogen-bond acceptors (Lipinski definition) is 5. The number of methoxy groups -OCH3 is 1. The molecule has 17 heavy (non-hydrogen) atoms. The normalized spacial score (nSPS) is 10.5. The zero-order chi connectivity index (χ0) is 12.3. The standard InChI is InChI=1S/C11H17ClN2O3/c1-15-5-2-6-16-7-8-17-11-4-3-10(9-12)13-14-11/h3-4H,2,5-9H2,1H3. The van der Waals surface area contributed by atoms with Gasteiger partial charge >= 0.3 is 0 Å². The Balaban J connectivity index is 2.05. The summed E-state index contributed by atoms with van der Waals surface area (Å²) in [5.74, 6) is 0.843. The molecule has 0 amide bonds. The number of hydrogen-bond donors (Lipinski definition) is 0. The van der Waals surface area contributed by atoms with E-state index in [1.807, 2.05) is 0 Å². The highest BCUT2D eigenvalue weighted by Crippen LogP contribution is 2.06. The lowest BCUT2D eigenvalue weighted by Crippen LogP contribution is -2.09. The molecule has 1 rings (SSSR count). The smallest absolute Gasteiger partial charge is 0.233 e. The highest BCUT2D eigenvalue weighted by Gasteiger charge is 1.97. The number of nitrogens with zero attached hydrogens (tertiary/aromatic N) is 2. The van der Waals surface area contributed by atoms with Crippen LogP contribution in [0.1, 0.15) is 12.1 Å². The van der Waals surface area contributed by atoms with E-state index in [0.717, 1.165) is 12.1 Å². The molecule has 0 aliphatic rings. The van der Waals surface area contributed by atoms with Crippen LogP contribution in [0.2, 0.25) is 0 Å². The molecule has 1 aromatic rings. The first-order valence-corrected chi connectivity index (χ1v) is 5.98. The average Bonchev–Trinajstić information content (AvgIpc) is 2.38. The second-order valence-electron chi connectivity index (χ2n) is 3.30. The quantitative estimate of drug-likeness (QED) is 0.499. The molecule has 0 aliphatic carbocycles. The van der Waals surface area contributed by atoms with E-state index in [1.54, 1.807) is 19.2 Å². The van der Waals surface area contributed by atoms with Gasteiger partial charge in [-0.2, -0.15) is 5.10 Å². The van der Waals surface area contributed by atoms with Crippen molar-refractivity contribution < 1.29 is 14.2 Å². The molecule has 0 N–H and O–H groups in total. The zero-order valence-corrected chi connectivity index (χ0v) is 10.7. The van der Waals surface area contributed by atoms with Gasteiger partial charge in [0.25, 0.3) is 0 Å². The predicted molar refractivity (Wildman–Crippen MR) is 64.4 cm³/mol. The molecule has 0 bridgehead atoms. The largest absolute Gasteiger partial charge is 0.474 e. The molecule has 0 unspecified atom stereocenters. The fraction of sp³-hybridized carbons (Fsp3) is 0.636. The van der Waals surface area contributed by atoms with Crippen LogP contribution in [0.25, 0.3) is 0 Å². The monoisotopic (exact) mass is 260 g/mol. The van der Waals surface area contributed by atoms with E-state index in [2.05, 4.69) is 10.2 Å². The Morgan fingerprint density at radius 2 is 2.00 bits per heavy atom. The van der Waals surface area contributed by atoms with Crippen LogP contribution in [0.5, 0.6) is 5.88 Å². The van der Waals surface area contributed by atoms with Gasteiger partial charge < -0.3 is 14.2 Å².